The van der Waals surface area contributed by atoms with Gasteiger partial charge in [-0.15, -0.1) is 0 Å². The zero-order valence-electron chi connectivity index (χ0n) is 12.6. The standard InChI is InChI=1S/C19H25NO/c20-18(10-11-19-7-3-4-12-21-19)14-15-8-9-16-5-1-2-6-17(16)13-15/h1-2,5-6,8-9,13,18-19H,3-4,7,10-12,14,20H2. The van der Waals surface area contributed by atoms with Crippen LogP contribution in [0.1, 0.15) is 37.7 Å². The fraction of sp³-hybridized carbons (Fsp3) is 0.474. The van der Waals surface area contributed by atoms with Crippen molar-refractivity contribution in [3.05, 3.63) is 48.0 Å². The molecule has 1 saturated heterocycles. The van der Waals surface area contributed by atoms with Crippen LogP contribution in [0.4, 0.5) is 0 Å². The summed E-state index contributed by atoms with van der Waals surface area (Å²) in [6.07, 6.45) is 7.30. The average Bonchev–Trinajstić information content (AvgIpc) is 2.54. The zero-order valence-corrected chi connectivity index (χ0v) is 12.6. The molecule has 0 saturated carbocycles. The molecule has 2 N–H and O–H groups in total. The Hall–Kier alpha value is -1.38. The molecule has 1 aliphatic rings. The Bertz CT molecular complexity index is 575. The SMILES string of the molecule is NC(CCC1CCCCO1)Cc1ccc2ccccc2c1. The summed E-state index contributed by atoms with van der Waals surface area (Å²) in [6, 6.07) is 15.4. The van der Waals surface area contributed by atoms with Gasteiger partial charge in [-0.3, -0.25) is 0 Å². The highest BCUT2D eigenvalue weighted by molar-refractivity contribution is 5.82. The lowest BCUT2D eigenvalue weighted by Gasteiger charge is -2.23. The summed E-state index contributed by atoms with van der Waals surface area (Å²) < 4.78 is 5.78. The van der Waals surface area contributed by atoms with Crippen LogP contribution in [0.15, 0.2) is 42.5 Å². The van der Waals surface area contributed by atoms with Crippen molar-refractivity contribution in [3.63, 3.8) is 0 Å². The lowest BCUT2D eigenvalue weighted by molar-refractivity contribution is 0.00915. The van der Waals surface area contributed by atoms with E-state index in [1.54, 1.807) is 0 Å². The lowest BCUT2D eigenvalue weighted by atomic mass is 9.97. The average molecular weight is 283 g/mol. The Morgan fingerprint density at radius 3 is 2.76 bits per heavy atom. The van der Waals surface area contributed by atoms with E-state index >= 15 is 0 Å². The van der Waals surface area contributed by atoms with Crippen molar-refractivity contribution in [1.29, 1.82) is 0 Å². The molecule has 2 nitrogen and oxygen atoms in total. The van der Waals surface area contributed by atoms with Gasteiger partial charge in [0.2, 0.25) is 0 Å². The first-order valence-corrected chi connectivity index (χ1v) is 8.16. The molecule has 3 rings (SSSR count). The molecular weight excluding hydrogens is 258 g/mol. The molecule has 1 heterocycles. The van der Waals surface area contributed by atoms with Crippen molar-refractivity contribution in [1.82, 2.24) is 0 Å². The minimum Gasteiger partial charge on any atom is -0.378 e. The molecule has 1 fully saturated rings. The quantitative estimate of drug-likeness (QED) is 0.898. The molecule has 0 bridgehead atoms. The highest BCUT2D eigenvalue weighted by Gasteiger charge is 2.15. The Balaban J connectivity index is 1.54. The fourth-order valence-corrected chi connectivity index (χ4v) is 3.21. The van der Waals surface area contributed by atoms with Gasteiger partial charge in [0.05, 0.1) is 6.10 Å². The van der Waals surface area contributed by atoms with Crippen LogP contribution in [0.2, 0.25) is 0 Å². The number of rotatable bonds is 5. The third-order valence-electron chi connectivity index (χ3n) is 4.45. The van der Waals surface area contributed by atoms with Gasteiger partial charge in [0.1, 0.15) is 0 Å². The van der Waals surface area contributed by atoms with E-state index in [-0.39, 0.29) is 6.04 Å². The van der Waals surface area contributed by atoms with Crippen LogP contribution in [0.5, 0.6) is 0 Å². The molecule has 2 heteroatoms. The summed E-state index contributed by atoms with van der Waals surface area (Å²) in [5, 5.41) is 2.60. The number of ether oxygens (including phenoxy) is 1. The molecule has 1 aliphatic heterocycles. The third kappa shape index (κ3) is 4.05. The van der Waals surface area contributed by atoms with E-state index in [0.29, 0.717) is 6.10 Å². The van der Waals surface area contributed by atoms with Crippen molar-refractivity contribution in [3.8, 4) is 0 Å². The van der Waals surface area contributed by atoms with Crippen molar-refractivity contribution in [2.45, 2.75) is 50.7 Å². The Morgan fingerprint density at radius 2 is 1.95 bits per heavy atom. The summed E-state index contributed by atoms with van der Waals surface area (Å²) in [6.45, 7) is 0.935. The summed E-state index contributed by atoms with van der Waals surface area (Å²) in [5.74, 6) is 0. The van der Waals surface area contributed by atoms with Crippen LogP contribution >= 0.6 is 0 Å². The topological polar surface area (TPSA) is 35.2 Å². The first kappa shape index (κ1) is 14.6. The van der Waals surface area contributed by atoms with Crippen LogP contribution in [0, 0.1) is 0 Å². The maximum atomic E-state index is 6.31. The van der Waals surface area contributed by atoms with Crippen molar-refractivity contribution in [2.24, 2.45) is 5.73 Å². The largest absolute Gasteiger partial charge is 0.378 e. The maximum absolute atomic E-state index is 6.31. The molecule has 0 spiro atoms. The first-order valence-electron chi connectivity index (χ1n) is 8.16. The highest BCUT2D eigenvalue weighted by Crippen LogP contribution is 2.20. The molecule has 0 amide bonds. The first-order chi connectivity index (χ1) is 10.3. The van der Waals surface area contributed by atoms with Gasteiger partial charge in [-0.2, -0.15) is 0 Å². The summed E-state index contributed by atoms with van der Waals surface area (Å²) in [7, 11) is 0. The number of nitrogens with two attached hydrogens (primary N) is 1. The maximum Gasteiger partial charge on any atom is 0.0575 e. The van der Waals surface area contributed by atoms with Crippen LogP contribution in [-0.2, 0) is 11.2 Å². The van der Waals surface area contributed by atoms with Crippen LogP contribution in [0.3, 0.4) is 0 Å². The van der Waals surface area contributed by atoms with Gasteiger partial charge in [0, 0.05) is 12.6 Å². The third-order valence-corrected chi connectivity index (χ3v) is 4.45. The van der Waals surface area contributed by atoms with E-state index in [9.17, 15) is 0 Å². The monoisotopic (exact) mass is 283 g/mol. The molecule has 0 aliphatic carbocycles. The number of fused-ring (bicyclic) bond motifs is 1. The zero-order chi connectivity index (χ0) is 14.5. The van der Waals surface area contributed by atoms with E-state index < -0.39 is 0 Å². The second-order valence-electron chi connectivity index (χ2n) is 6.21. The summed E-state index contributed by atoms with van der Waals surface area (Å²) >= 11 is 0. The molecule has 2 aromatic rings. The fourth-order valence-electron chi connectivity index (χ4n) is 3.21. The van der Waals surface area contributed by atoms with E-state index in [2.05, 4.69) is 42.5 Å². The Labute approximate surface area is 127 Å². The molecule has 0 radical (unpaired) electrons. The summed E-state index contributed by atoms with van der Waals surface area (Å²) in [4.78, 5) is 0. The predicted molar refractivity (Wildman–Crippen MR) is 88.5 cm³/mol. The molecule has 21 heavy (non-hydrogen) atoms. The van der Waals surface area contributed by atoms with Gasteiger partial charge in [0.15, 0.2) is 0 Å². The van der Waals surface area contributed by atoms with Crippen LogP contribution in [0.25, 0.3) is 10.8 Å². The predicted octanol–water partition coefficient (Wildman–Crippen LogP) is 4.06. The van der Waals surface area contributed by atoms with E-state index in [0.717, 1.165) is 25.9 Å². The Kier molecular flexibility index (Phi) is 4.89. The molecular formula is C19H25NO. The second kappa shape index (κ2) is 7.06. The van der Waals surface area contributed by atoms with Gasteiger partial charge < -0.3 is 10.5 Å². The van der Waals surface area contributed by atoms with Crippen molar-refractivity contribution >= 4 is 10.8 Å². The molecule has 112 valence electrons. The second-order valence-corrected chi connectivity index (χ2v) is 6.21. The number of hydrogen-bond acceptors (Lipinski definition) is 2. The number of hydrogen-bond donors (Lipinski definition) is 1. The molecule has 2 unspecified atom stereocenters. The highest BCUT2D eigenvalue weighted by atomic mass is 16.5. The van der Waals surface area contributed by atoms with Crippen molar-refractivity contribution < 1.29 is 4.74 Å². The minimum absolute atomic E-state index is 0.233. The van der Waals surface area contributed by atoms with Gasteiger partial charge in [-0.05, 0) is 54.9 Å². The Morgan fingerprint density at radius 1 is 1.10 bits per heavy atom. The smallest absolute Gasteiger partial charge is 0.0575 e. The van der Waals surface area contributed by atoms with Crippen molar-refractivity contribution in [2.75, 3.05) is 6.61 Å². The molecule has 2 atom stereocenters. The van der Waals surface area contributed by atoms with Gasteiger partial charge in [-0.25, -0.2) is 0 Å². The minimum atomic E-state index is 0.233. The van der Waals surface area contributed by atoms with E-state index in [1.165, 1.54) is 35.6 Å². The van der Waals surface area contributed by atoms with Gasteiger partial charge in [-0.1, -0.05) is 42.5 Å². The lowest BCUT2D eigenvalue weighted by Crippen LogP contribution is -2.27. The summed E-state index contributed by atoms with van der Waals surface area (Å²) in [5.41, 5.74) is 7.65. The van der Waals surface area contributed by atoms with Gasteiger partial charge >= 0.3 is 0 Å². The normalized spacial score (nSPS) is 20.5. The number of benzene rings is 2. The van der Waals surface area contributed by atoms with Gasteiger partial charge in [0.25, 0.3) is 0 Å². The van der Waals surface area contributed by atoms with Crippen LogP contribution in [-0.4, -0.2) is 18.8 Å². The van der Waals surface area contributed by atoms with Crippen LogP contribution < -0.4 is 5.73 Å². The van der Waals surface area contributed by atoms with E-state index in [4.69, 9.17) is 10.5 Å². The van der Waals surface area contributed by atoms with E-state index in [1.807, 2.05) is 0 Å². The molecule has 0 aromatic heterocycles. The molecule has 2 aromatic carbocycles.